The van der Waals surface area contributed by atoms with Gasteiger partial charge in [0, 0.05) is 24.9 Å². The molecule has 4 rings (SSSR count). The molecule has 0 unspecified atom stereocenters. The van der Waals surface area contributed by atoms with Crippen molar-refractivity contribution in [3.63, 3.8) is 0 Å². The number of benzene rings is 1. The first-order chi connectivity index (χ1) is 12.4. The van der Waals surface area contributed by atoms with Gasteiger partial charge in [-0.05, 0) is 64.0 Å². The second kappa shape index (κ2) is 6.54. The summed E-state index contributed by atoms with van der Waals surface area (Å²) < 4.78 is 12.2. The predicted octanol–water partition coefficient (Wildman–Crippen LogP) is 2.25. The van der Waals surface area contributed by atoms with Gasteiger partial charge in [0.25, 0.3) is 5.91 Å². The highest BCUT2D eigenvalue weighted by molar-refractivity contribution is 5.78. The van der Waals surface area contributed by atoms with Crippen LogP contribution in [0.5, 0.6) is 5.75 Å². The van der Waals surface area contributed by atoms with Gasteiger partial charge in [-0.25, -0.2) is 0 Å². The van der Waals surface area contributed by atoms with Crippen LogP contribution in [-0.2, 0) is 9.53 Å². The van der Waals surface area contributed by atoms with Crippen LogP contribution in [0.25, 0.3) is 0 Å². The molecule has 3 aliphatic heterocycles. The summed E-state index contributed by atoms with van der Waals surface area (Å²) in [5.74, 6) is 1.84. The van der Waals surface area contributed by atoms with Crippen molar-refractivity contribution in [2.75, 3.05) is 40.3 Å². The Morgan fingerprint density at radius 1 is 1.35 bits per heavy atom. The highest BCUT2D eigenvalue weighted by Crippen LogP contribution is 2.54. The SMILES string of the molecule is Cc1ccc(OCC(=O)N2C[C@@H]3[C@H](CN(C)C)[C@H]4CC[C@]3(C2)O4)cc1C. The highest BCUT2D eigenvalue weighted by Gasteiger charge is 2.63. The number of likely N-dealkylation sites (tertiary alicyclic amines) is 1. The van der Waals surface area contributed by atoms with Gasteiger partial charge in [-0.1, -0.05) is 6.07 Å². The van der Waals surface area contributed by atoms with Gasteiger partial charge in [0.2, 0.25) is 0 Å². The molecular formula is C21H30N2O3. The lowest BCUT2D eigenvalue weighted by atomic mass is 9.73. The first-order valence-electron chi connectivity index (χ1n) is 9.68. The summed E-state index contributed by atoms with van der Waals surface area (Å²) in [7, 11) is 4.24. The van der Waals surface area contributed by atoms with E-state index in [0.29, 0.717) is 17.9 Å². The van der Waals surface area contributed by atoms with Gasteiger partial charge >= 0.3 is 0 Å². The molecule has 142 valence electrons. The minimum Gasteiger partial charge on any atom is -0.484 e. The highest BCUT2D eigenvalue weighted by atomic mass is 16.5. The summed E-state index contributed by atoms with van der Waals surface area (Å²) in [6, 6.07) is 5.97. The summed E-state index contributed by atoms with van der Waals surface area (Å²) in [5, 5.41) is 0. The van der Waals surface area contributed by atoms with Crippen molar-refractivity contribution >= 4 is 5.91 Å². The normalized spacial score (nSPS) is 32.3. The second-order valence-corrected chi connectivity index (χ2v) is 8.60. The molecule has 0 aromatic heterocycles. The van der Waals surface area contributed by atoms with E-state index in [1.54, 1.807) is 0 Å². The third kappa shape index (κ3) is 3.01. The molecule has 0 saturated carbocycles. The fourth-order valence-corrected chi connectivity index (χ4v) is 5.09. The maximum Gasteiger partial charge on any atom is 0.260 e. The topological polar surface area (TPSA) is 42.0 Å². The van der Waals surface area contributed by atoms with Crippen LogP contribution in [0.2, 0.25) is 0 Å². The number of ether oxygens (including phenoxy) is 2. The predicted molar refractivity (Wildman–Crippen MR) is 100 cm³/mol. The quantitative estimate of drug-likeness (QED) is 0.810. The molecule has 5 heteroatoms. The Balaban J connectivity index is 1.39. The summed E-state index contributed by atoms with van der Waals surface area (Å²) in [4.78, 5) is 17.0. The molecule has 4 atom stereocenters. The maximum atomic E-state index is 12.7. The first kappa shape index (κ1) is 17.8. The van der Waals surface area contributed by atoms with Gasteiger partial charge in [0.1, 0.15) is 5.75 Å². The van der Waals surface area contributed by atoms with E-state index >= 15 is 0 Å². The first-order valence-corrected chi connectivity index (χ1v) is 9.68. The number of rotatable bonds is 5. The minimum absolute atomic E-state index is 0.0719. The zero-order valence-corrected chi connectivity index (χ0v) is 16.3. The molecule has 1 spiro atoms. The van der Waals surface area contributed by atoms with E-state index in [2.05, 4.69) is 32.8 Å². The summed E-state index contributed by atoms with van der Waals surface area (Å²) in [5.41, 5.74) is 2.32. The van der Waals surface area contributed by atoms with Crippen LogP contribution in [0.4, 0.5) is 0 Å². The van der Waals surface area contributed by atoms with E-state index in [-0.39, 0.29) is 18.1 Å². The Labute approximate surface area is 156 Å². The Kier molecular flexibility index (Phi) is 4.48. The van der Waals surface area contributed by atoms with E-state index < -0.39 is 0 Å². The molecule has 2 bridgehead atoms. The van der Waals surface area contributed by atoms with Gasteiger partial charge < -0.3 is 19.3 Å². The molecule has 3 fully saturated rings. The third-order valence-corrected chi connectivity index (χ3v) is 6.55. The number of nitrogens with zero attached hydrogens (tertiary/aromatic N) is 2. The van der Waals surface area contributed by atoms with Crippen molar-refractivity contribution in [2.24, 2.45) is 11.8 Å². The number of carbonyl (C=O) groups excluding carboxylic acids is 1. The number of hydrogen-bond acceptors (Lipinski definition) is 4. The van der Waals surface area contributed by atoms with Crippen molar-refractivity contribution in [3.05, 3.63) is 29.3 Å². The molecule has 26 heavy (non-hydrogen) atoms. The maximum absolute atomic E-state index is 12.7. The van der Waals surface area contributed by atoms with Crippen molar-refractivity contribution in [1.82, 2.24) is 9.80 Å². The van der Waals surface area contributed by atoms with Crippen LogP contribution in [0.3, 0.4) is 0 Å². The minimum atomic E-state index is -0.0958. The largest absolute Gasteiger partial charge is 0.484 e. The molecule has 1 aromatic rings. The molecule has 1 aromatic carbocycles. The van der Waals surface area contributed by atoms with E-state index in [1.807, 2.05) is 23.1 Å². The molecule has 3 saturated heterocycles. The van der Waals surface area contributed by atoms with Gasteiger partial charge in [-0.15, -0.1) is 0 Å². The average Bonchev–Trinajstić information content (AvgIpc) is 3.25. The van der Waals surface area contributed by atoms with Crippen LogP contribution < -0.4 is 4.74 Å². The van der Waals surface area contributed by atoms with Gasteiger partial charge in [0.05, 0.1) is 18.2 Å². The molecule has 0 aliphatic carbocycles. The Bertz CT molecular complexity index is 704. The summed E-state index contributed by atoms with van der Waals surface area (Å²) in [6.45, 7) is 6.82. The standard InChI is InChI=1S/C21H30N2O3/c1-14-5-6-16(9-15(14)2)25-12-20(24)23-11-18-17(10-22(3)4)19-7-8-21(18,13-23)26-19/h5-6,9,17-19H,7-8,10-13H2,1-4H3/t17-,18+,19+,21+/m0/s1. The lowest BCUT2D eigenvalue weighted by molar-refractivity contribution is -0.133. The fourth-order valence-electron chi connectivity index (χ4n) is 5.09. The Morgan fingerprint density at radius 3 is 2.88 bits per heavy atom. The third-order valence-electron chi connectivity index (χ3n) is 6.55. The number of aryl methyl sites for hydroxylation is 2. The van der Waals surface area contributed by atoms with Crippen LogP contribution in [-0.4, -0.2) is 67.7 Å². The monoisotopic (exact) mass is 358 g/mol. The van der Waals surface area contributed by atoms with Crippen molar-refractivity contribution in [1.29, 1.82) is 0 Å². The zero-order chi connectivity index (χ0) is 18.5. The van der Waals surface area contributed by atoms with E-state index in [1.165, 1.54) is 11.1 Å². The van der Waals surface area contributed by atoms with E-state index in [4.69, 9.17) is 9.47 Å². The van der Waals surface area contributed by atoms with Crippen LogP contribution >= 0.6 is 0 Å². The van der Waals surface area contributed by atoms with Crippen molar-refractivity contribution in [3.8, 4) is 5.75 Å². The molecule has 5 nitrogen and oxygen atoms in total. The molecule has 1 amide bonds. The number of fused-ring (bicyclic) bond motifs is 1. The molecule has 3 heterocycles. The Morgan fingerprint density at radius 2 is 2.15 bits per heavy atom. The smallest absolute Gasteiger partial charge is 0.260 e. The number of hydrogen-bond donors (Lipinski definition) is 0. The summed E-state index contributed by atoms with van der Waals surface area (Å²) in [6.07, 6.45) is 2.61. The number of carbonyl (C=O) groups is 1. The van der Waals surface area contributed by atoms with Gasteiger partial charge in [-0.3, -0.25) is 4.79 Å². The second-order valence-electron chi connectivity index (χ2n) is 8.60. The lowest BCUT2D eigenvalue weighted by Gasteiger charge is -2.30. The molecule has 0 radical (unpaired) electrons. The van der Waals surface area contributed by atoms with Crippen LogP contribution in [0.1, 0.15) is 24.0 Å². The zero-order valence-electron chi connectivity index (χ0n) is 16.3. The fraction of sp³-hybridized carbons (Fsp3) is 0.667. The van der Waals surface area contributed by atoms with E-state index in [0.717, 1.165) is 38.2 Å². The lowest BCUT2D eigenvalue weighted by Crippen LogP contribution is -2.40. The Hall–Kier alpha value is -1.59. The number of amides is 1. The molecule has 3 aliphatic rings. The van der Waals surface area contributed by atoms with Crippen molar-refractivity contribution in [2.45, 2.75) is 38.4 Å². The van der Waals surface area contributed by atoms with Gasteiger partial charge in [-0.2, -0.15) is 0 Å². The van der Waals surface area contributed by atoms with Crippen molar-refractivity contribution < 1.29 is 14.3 Å². The summed E-state index contributed by atoms with van der Waals surface area (Å²) >= 11 is 0. The molecule has 0 N–H and O–H groups in total. The van der Waals surface area contributed by atoms with E-state index in [9.17, 15) is 4.79 Å². The van der Waals surface area contributed by atoms with Gasteiger partial charge in [0.15, 0.2) is 6.61 Å². The van der Waals surface area contributed by atoms with Crippen LogP contribution in [0, 0.1) is 25.7 Å². The van der Waals surface area contributed by atoms with Crippen LogP contribution in [0.15, 0.2) is 18.2 Å². The molecular weight excluding hydrogens is 328 g/mol. The average molecular weight is 358 g/mol.